The molecule has 0 saturated heterocycles. The zero-order valence-corrected chi connectivity index (χ0v) is 7.18. The Hall–Kier alpha value is -1.44. The molecule has 1 heterocycles. The molecule has 0 aliphatic carbocycles. The van der Waals surface area contributed by atoms with Crippen molar-refractivity contribution in [3.05, 3.63) is 29.5 Å². The lowest BCUT2D eigenvalue weighted by atomic mass is 10.1. The van der Waals surface area contributed by atoms with Crippen molar-refractivity contribution in [1.82, 2.24) is 4.98 Å². The van der Waals surface area contributed by atoms with E-state index in [9.17, 15) is 5.11 Å². The molecule has 1 aromatic heterocycles. The summed E-state index contributed by atoms with van der Waals surface area (Å²) in [6, 6.07) is 3.61. The van der Waals surface area contributed by atoms with Crippen molar-refractivity contribution in [2.24, 2.45) is 0 Å². The van der Waals surface area contributed by atoms with E-state index in [2.05, 4.69) is 4.98 Å². The summed E-state index contributed by atoms with van der Waals surface area (Å²) in [5.74, 6) is 0.366. The first kappa shape index (κ1) is 7.22. The number of nitrogens with one attached hydrogen (secondary N) is 1. The van der Waals surface area contributed by atoms with E-state index in [0.29, 0.717) is 5.75 Å². The summed E-state index contributed by atoms with van der Waals surface area (Å²) in [7, 11) is 0. The summed E-state index contributed by atoms with van der Waals surface area (Å²) in [6.07, 6.45) is 1.96. The first-order chi connectivity index (χ1) is 5.70. The first-order valence-electron chi connectivity index (χ1n) is 3.96. The van der Waals surface area contributed by atoms with Gasteiger partial charge in [0.2, 0.25) is 0 Å². The van der Waals surface area contributed by atoms with E-state index in [-0.39, 0.29) is 0 Å². The van der Waals surface area contributed by atoms with Crippen LogP contribution in [0.25, 0.3) is 10.9 Å². The van der Waals surface area contributed by atoms with Gasteiger partial charge in [-0.25, -0.2) is 0 Å². The molecule has 0 aliphatic heterocycles. The van der Waals surface area contributed by atoms with Crippen LogP contribution >= 0.6 is 0 Å². The molecule has 0 fully saturated rings. The monoisotopic (exact) mass is 161 g/mol. The Kier molecular flexibility index (Phi) is 1.37. The van der Waals surface area contributed by atoms with Crippen LogP contribution in [0.15, 0.2) is 18.3 Å². The lowest BCUT2D eigenvalue weighted by Gasteiger charge is -2.00. The van der Waals surface area contributed by atoms with Crippen LogP contribution in [0.2, 0.25) is 0 Å². The van der Waals surface area contributed by atoms with E-state index in [4.69, 9.17) is 0 Å². The quantitative estimate of drug-likeness (QED) is 0.611. The van der Waals surface area contributed by atoms with Crippen LogP contribution < -0.4 is 0 Å². The SMILES string of the molecule is Cc1c[nH]c2ccc(O)c(C)c12. The van der Waals surface area contributed by atoms with Crippen molar-refractivity contribution in [3.63, 3.8) is 0 Å². The Balaban J connectivity index is 2.96. The number of aryl methyl sites for hydroxylation is 2. The summed E-state index contributed by atoms with van der Waals surface area (Å²) in [5.41, 5.74) is 3.22. The van der Waals surface area contributed by atoms with Gasteiger partial charge in [-0.1, -0.05) is 0 Å². The number of aromatic amines is 1. The molecule has 2 heteroatoms. The number of hydrogen-bond donors (Lipinski definition) is 2. The van der Waals surface area contributed by atoms with Crippen molar-refractivity contribution in [1.29, 1.82) is 0 Å². The average Bonchev–Trinajstić information content (AvgIpc) is 2.41. The van der Waals surface area contributed by atoms with E-state index in [1.165, 1.54) is 5.56 Å². The fraction of sp³-hybridized carbons (Fsp3) is 0.200. The molecule has 0 atom stereocenters. The van der Waals surface area contributed by atoms with Gasteiger partial charge in [-0.2, -0.15) is 0 Å². The highest BCUT2D eigenvalue weighted by atomic mass is 16.3. The second kappa shape index (κ2) is 2.27. The minimum Gasteiger partial charge on any atom is -0.508 e. The molecule has 2 aromatic rings. The largest absolute Gasteiger partial charge is 0.508 e. The molecule has 2 N–H and O–H groups in total. The Labute approximate surface area is 70.8 Å². The number of H-pyrrole nitrogens is 1. The number of hydrogen-bond acceptors (Lipinski definition) is 1. The molecule has 0 radical (unpaired) electrons. The molecule has 12 heavy (non-hydrogen) atoms. The van der Waals surface area contributed by atoms with Crippen molar-refractivity contribution in [3.8, 4) is 5.75 Å². The molecule has 2 rings (SSSR count). The van der Waals surface area contributed by atoms with Gasteiger partial charge in [0.15, 0.2) is 0 Å². The maximum absolute atomic E-state index is 9.45. The second-order valence-electron chi connectivity index (χ2n) is 3.10. The topological polar surface area (TPSA) is 36.0 Å². The third kappa shape index (κ3) is 0.811. The van der Waals surface area contributed by atoms with Crippen molar-refractivity contribution >= 4 is 10.9 Å². The lowest BCUT2D eigenvalue weighted by molar-refractivity contribution is 0.472. The average molecular weight is 161 g/mol. The van der Waals surface area contributed by atoms with Gasteiger partial charge in [0.1, 0.15) is 5.75 Å². The fourth-order valence-electron chi connectivity index (χ4n) is 1.59. The number of rotatable bonds is 0. The van der Waals surface area contributed by atoms with Crippen LogP contribution in [0, 0.1) is 13.8 Å². The molecule has 0 bridgehead atoms. The summed E-state index contributed by atoms with van der Waals surface area (Å²) in [4.78, 5) is 3.14. The van der Waals surface area contributed by atoms with Gasteiger partial charge in [-0.3, -0.25) is 0 Å². The summed E-state index contributed by atoms with van der Waals surface area (Å²) < 4.78 is 0. The number of benzene rings is 1. The van der Waals surface area contributed by atoms with Crippen LogP contribution in [-0.4, -0.2) is 10.1 Å². The van der Waals surface area contributed by atoms with Gasteiger partial charge in [-0.05, 0) is 31.5 Å². The maximum atomic E-state index is 9.45. The van der Waals surface area contributed by atoms with E-state index in [0.717, 1.165) is 16.5 Å². The minimum absolute atomic E-state index is 0.366. The van der Waals surface area contributed by atoms with Crippen LogP contribution in [0.4, 0.5) is 0 Å². The van der Waals surface area contributed by atoms with Crippen molar-refractivity contribution < 1.29 is 5.11 Å². The van der Waals surface area contributed by atoms with Crippen LogP contribution in [-0.2, 0) is 0 Å². The molecule has 2 nitrogen and oxygen atoms in total. The van der Waals surface area contributed by atoms with Crippen LogP contribution in [0.1, 0.15) is 11.1 Å². The number of phenols is 1. The highest BCUT2D eigenvalue weighted by Gasteiger charge is 2.05. The number of aromatic hydroxyl groups is 1. The normalized spacial score (nSPS) is 10.8. The van der Waals surface area contributed by atoms with Gasteiger partial charge in [0.25, 0.3) is 0 Å². The summed E-state index contributed by atoms with van der Waals surface area (Å²) >= 11 is 0. The smallest absolute Gasteiger partial charge is 0.119 e. The van der Waals surface area contributed by atoms with Crippen molar-refractivity contribution in [2.75, 3.05) is 0 Å². The molecule has 1 aromatic carbocycles. The van der Waals surface area contributed by atoms with Gasteiger partial charge in [0, 0.05) is 22.7 Å². The Morgan fingerprint density at radius 3 is 2.75 bits per heavy atom. The third-order valence-electron chi connectivity index (χ3n) is 2.27. The molecule has 62 valence electrons. The molecule has 0 amide bonds. The van der Waals surface area contributed by atoms with E-state index in [1.54, 1.807) is 6.07 Å². The lowest BCUT2D eigenvalue weighted by Crippen LogP contribution is -1.77. The maximum Gasteiger partial charge on any atom is 0.119 e. The van der Waals surface area contributed by atoms with E-state index in [1.807, 2.05) is 26.1 Å². The molecule has 0 saturated carbocycles. The van der Waals surface area contributed by atoms with E-state index >= 15 is 0 Å². The number of aromatic nitrogens is 1. The predicted octanol–water partition coefficient (Wildman–Crippen LogP) is 2.49. The van der Waals surface area contributed by atoms with Gasteiger partial charge < -0.3 is 10.1 Å². The van der Waals surface area contributed by atoms with Crippen LogP contribution in [0.3, 0.4) is 0 Å². The Morgan fingerprint density at radius 2 is 2.00 bits per heavy atom. The Morgan fingerprint density at radius 1 is 1.25 bits per heavy atom. The molecule has 0 aliphatic rings. The van der Waals surface area contributed by atoms with E-state index < -0.39 is 0 Å². The highest BCUT2D eigenvalue weighted by molar-refractivity contribution is 5.88. The molecule has 0 spiro atoms. The summed E-state index contributed by atoms with van der Waals surface area (Å²) in [5, 5.41) is 10.6. The van der Waals surface area contributed by atoms with Gasteiger partial charge >= 0.3 is 0 Å². The molecule has 0 unspecified atom stereocenters. The zero-order chi connectivity index (χ0) is 8.72. The molecular formula is C10H11NO. The molecular weight excluding hydrogens is 150 g/mol. The predicted molar refractivity (Wildman–Crippen MR) is 49.4 cm³/mol. The standard InChI is InChI=1S/C10H11NO/c1-6-5-11-8-3-4-9(12)7(2)10(6)8/h3-5,11-12H,1-2H3. The first-order valence-corrected chi connectivity index (χ1v) is 3.96. The third-order valence-corrected chi connectivity index (χ3v) is 2.27. The highest BCUT2D eigenvalue weighted by Crippen LogP contribution is 2.27. The zero-order valence-electron chi connectivity index (χ0n) is 7.18. The number of phenolic OH excluding ortho intramolecular Hbond substituents is 1. The summed E-state index contributed by atoms with van der Waals surface area (Å²) in [6.45, 7) is 3.96. The minimum atomic E-state index is 0.366. The number of fused-ring (bicyclic) bond motifs is 1. The van der Waals surface area contributed by atoms with Gasteiger partial charge in [0.05, 0.1) is 0 Å². The van der Waals surface area contributed by atoms with Gasteiger partial charge in [-0.15, -0.1) is 0 Å². The van der Waals surface area contributed by atoms with Crippen LogP contribution in [0.5, 0.6) is 5.75 Å². The Bertz CT molecular complexity index is 429. The fourth-order valence-corrected chi connectivity index (χ4v) is 1.59. The second-order valence-corrected chi connectivity index (χ2v) is 3.10. The van der Waals surface area contributed by atoms with Crippen molar-refractivity contribution in [2.45, 2.75) is 13.8 Å².